The number of benzene rings is 1. The molecule has 8 nitrogen and oxygen atoms in total. The Kier molecular flexibility index (Phi) is 8.72. The Morgan fingerprint density at radius 1 is 1.07 bits per heavy atom. The van der Waals surface area contributed by atoms with E-state index in [1.165, 1.54) is 37.7 Å². The first-order chi connectivity index (χ1) is 14.0. The molecule has 2 unspecified atom stereocenters. The van der Waals surface area contributed by atoms with E-state index >= 15 is 0 Å². The van der Waals surface area contributed by atoms with Crippen LogP contribution < -0.4 is 0 Å². The van der Waals surface area contributed by atoms with Crippen molar-refractivity contribution in [3.63, 3.8) is 0 Å². The predicted molar refractivity (Wildman–Crippen MR) is 111 cm³/mol. The van der Waals surface area contributed by atoms with Crippen LogP contribution in [0.4, 0.5) is 0 Å². The van der Waals surface area contributed by atoms with E-state index in [1.54, 1.807) is 12.1 Å². The molecular formula is C20H28O8S2. The number of aryl methyl sites for hydroxylation is 1. The SMILES string of the molecule is CCSC1OC(COS(=O)(=O)c2ccc(C)cc2)[C@@H](OC(C)=O)[C@H](OC(C)=O)[C@@H]1C. The van der Waals surface area contributed by atoms with E-state index in [1.807, 2.05) is 20.8 Å². The Balaban J connectivity index is 2.26. The van der Waals surface area contributed by atoms with Crippen LogP contribution in [0.1, 0.15) is 33.3 Å². The summed E-state index contributed by atoms with van der Waals surface area (Å²) >= 11 is 1.49. The maximum absolute atomic E-state index is 12.6. The lowest BCUT2D eigenvalue weighted by Gasteiger charge is -2.43. The molecule has 0 aromatic heterocycles. The highest BCUT2D eigenvalue weighted by Gasteiger charge is 2.48. The molecule has 5 atom stereocenters. The number of hydrogen-bond acceptors (Lipinski definition) is 9. The van der Waals surface area contributed by atoms with Gasteiger partial charge in [0.15, 0.2) is 6.10 Å². The summed E-state index contributed by atoms with van der Waals surface area (Å²) in [6.45, 7) is 7.73. The maximum Gasteiger partial charge on any atom is 0.303 e. The van der Waals surface area contributed by atoms with Crippen LogP contribution in [0, 0.1) is 12.8 Å². The lowest BCUT2D eigenvalue weighted by atomic mass is 9.93. The summed E-state index contributed by atoms with van der Waals surface area (Å²) in [5.74, 6) is -0.679. The third-order valence-corrected chi connectivity index (χ3v) is 7.08. The summed E-state index contributed by atoms with van der Waals surface area (Å²) in [4.78, 5) is 23.3. The van der Waals surface area contributed by atoms with E-state index < -0.39 is 40.4 Å². The molecule has 1 aromatic carbocycles. The van der Waals surface area contributed by atoms with Crippen molar-refractivity contribution in [3.05, 3.63) is 29.8 Å². The van der Waals surface area contributed by atoms with Crippen LogP contribution >= 0.6 is 11.8 Å². The molecule has 1 aromatic rings. The Labute approximate surface area is 181 Å². The van der Waals surface area contributed by atoms with Gasteiger partial charge in [0.2, 0.25) is 0 Å². The quantitative estimate of drug-likeness (QED) is 0.427. The van der Waals surface area contributed by atoms with Gasteiger partial charge in [-0.3, -0.25) is 13.8 Å². The molecule has 1 heterocycles. The van der Waals surface area contributed by atoms with Gasteiger partial charge in [-0.1, -0.05) is 31.5 Å². The van der Waals surface area contributed by atoms with E-state index in [9.17, 15) is 18.0 Å². The van der Waals surface area contributed by atoms with Gasteiger partial charge in [0.05, 0.1) is 11.5 Å². The van der Waals surface area contributed by atoms with Gasteiger partial charge in [0.1, 0.15) is 17.6 Å². The minimum atomic E-state index is -4.05. The molecule has 0 spiro atoms. The summed E-state index contributed by atoms with van der Waals surface area (Å²) in [6.07, 6.45) is -2.72. The molecular weight excluding hydrogens is 432 g/mol. The van der Waals surface area contributed by atoms with Gasteiger partial charge in [-0.05, 0) is 24.8 Å². The lowest BCUT2D eigenvalue weighted by molar-refractivity contribution is -0.213. The zero-order chi connectivity index (χ0) is 22.5. The molecule has 0 radical (unpaired) electrons. The van der Waals surface area contributed by atoms with Crippen molar-refractivity contribution in [3.8, 4) is 0 Å². The first-order valence-corrected chi connectivity index (χ1v) is 12.1. The van der Waals surface area contributed by atoms with Crippen LogP contribution in [0.3, 0.4) is 0 Å². The molecule has 0 amide bonds. The van der Waals surface area contributed by atoms with Gasteiger partial charge in [-0.15, -0.1) is 11.8 Å². The number of carbonyl (C=O) groups excluding carboxylic acids is 2. The van der Waals surface area contributed by atoms with Crippen molar-refractivity contribution >= 4 is 33.8 Å². The van der Waals surface area contributed by atoms with Crippen molar-refractivity contribution in [2.45, 2.75) is 63.3 Å². The van der Waals surface area contributed by atoms with E-state index in [0.29, 0.717) is 0 Å². The second-order valence-electron chi connectivity index (χ2n) is 7.06. The lowest BCUT2D eigenvalue weighted by Crippen LogP contribution is -2.57. The maximum atomic E-state index is 12.6. The summed E-state index contributed by atoms with van der Waals surface area (Å²) in [5, 5.41) is 0. The van der Waals surface area contributed by atoms with Gasteiger partial charge in [-0.2, -0.15) is 8.42 Å². The van der Waals surface area contributed by atoms with Crippen molar-refractivity contribution in [1.82, 2.24) is 0 Å². The summed E-state index contributed by atoms with van der Waals surface area (Å²) in [6, 6.07) is 6.24. The van der Waals surface area contributed by atoms with Crippen molar-refractivity contribution in [2.75, 3.05) is 12.4 Å². The number of thioether (sulfide) groups is 1. The van der Waals surface area contributed by atoms with Crippen molar-refractivity contribution in [1.29, 1.82) is 0 Å². The number of esters is 2. The number of carbonyl (C=O) groups is 2. The minimum Gasteiger partial charge on any atom is -0.458 e. The molecule has 0 aliphatic carbocycles. The van der Waals surface area contributed by atoms with E-state index in [-0.39, 0.29) is 22.9 Å². The molecule has 0 saturated carbocycles. The zero-order valence-electron chi connectivity index (χ0n) is 17.7. The third kappa shape index (κ3) is 6.44. The smallest absolute Gasteiger partial charge is 0.303 e. The normalized spacial score (nSPS) is 26.8. The molecule has 10 heteroatoms. The first-order valence-electron chi connectivity index (χ1n) is 9.62. The molecule has 0 N–H and O–H groups in total. The van der Waals surface area contributed by atoms with Crippen molar-refractivity contribution < 1.29 is 36.4 Å². The molecule has 0 bridgehead atoms. The fraction of sp³-hybridized carbons (Fsp3) is 0.600. The molecule has 1 aliphatic rings. The number of hydrogen-bond donors (Lipinski definition) is 0. The highest BCUT2D eigenvalue weighted by atomic mass is 32.2. The van der Waals surface area contributed by atoms with Gasteiger partial charge in [0.25, 0.3) is 10.1 Å². The second kappa shape index (κ2) is 10.6. The predicted octanol–water partition coefficient (Wildman–Crippen LogP) is 2.68. The molecule has 30 heavy (non-hydrogen) atoms. The summed E-state index contributed by atoms with van der Waals surface area (Å²) in [7, 11) is -4.05. The third-order valence-electron chi connectivity index (χ3n) is 4.58. The fourth-order valence-corrected chi connectivity index (χ4v) is 5.09. The Morgan fingerprint density at radius 2 is 1.63 bits per heavy atom. The highest BCUT2D eigenvalue weighted by Crippen LogP contribution is 2.36. The average Bonchev–Trinajstić information content (AvgIpc) is 2.65. The molecule has 1 aliphatic heterocycles. The van der Waals surface area contributed by atoms with Gasteiger partial charge in [-0.25, -0.2) is 0 Å². The molecule has 1 saturated heterocycles. The number of ether oxygens (including phenoxy) is 3. The van der Waals surface area contributed by atoms with Crippen LogP contribution in [0.5, 0.6) is 0 Å². The molecule has 168 valence electrons. The standard InChI is InChI=1S/C20H28O8S2/c1-6-29-20-13(3)18(26-14(4)21)19(27-15(5)22)17(28-20)11-25-30(23,24)16-9-7-12(2)8-10-16/h7-10,13,17-20H,6,11H2,1-5H3/t13-,17?,18+,19+,20?/m0/s1. The zero-order valence-corrected chi connectivity index (χ0v) is 19.3. The van der Waals surface area contributed by atoms with Gasteiger partial charge in [0, 0.05) is 19.8 Å². The van der Waals surface area contributed by atoms with Crippen LogP contribution in [-0.2, 0) is 38.1 Å². The fourth-order valence-electron chi connectivity index (χ4n) is 3.16. The van der Waals surface area contributed by atoms with Crippen LogP contribution in [0.25, 0.3) is 0 Å². The Morgan fingerprint density at radius 3 is 2.17 bits per heavy atom. The van der Waals surface area contributed by atoms with E-state index in [2.05, 4.69) is 0 Å². The van der Waals surface area contributed by atoms with Crippen molar-refractivity contribution in [2.24, 2.45) is 5.92 Å². The largest absolute Gasteiger partial charge is 0.458 e. The molecule has 1 fully saturated rings. The summed E-state index contributed by atoms with van der Waals surface area (Å²) < 4.78 is 47.2. The van der Waals surface area contributed by atoms with Crippen LogP contribution in [0.15, 0.2) is 29.2 Å². The van der Waals surface area contributed by atoms with Gasteiger partial charge < -0.3 is 14.2 Å². The Bertz CT molecular complexity index is 837. The second-order valence-corrected chi connectivity index (χ2v) is 10.0. The minimum absolute atomic E-state index is 0.0114. The van der Waals surface area contributed by atoms with E-state index in [4.69, 9.17) is 18.4 Å². The van der Waals surface area contributed by atoms with Crippen LogP contribution in [0.2, 0.25) is 0 Å². The number of rotatable bonds is 8. The monoisotopic (exact) mass is 460 g/mol. The molecule has 2 rings (SSSR count). The van der Waals surface area contributed by atoms with Crippen LogP contribution in [-0.4, -0.2) is 56.5 Å². The van der Waals surface area contributed by atoms with E-state index in [0.717, 1.165) is 11.3 Å². The highest BCUT2D eigenvalue weighted by molar-refractivity contribution is 7.99. The first kappa shape index (κ1) is 24.6. The van der Waals surface area contributed by atoms with Gasteiger partial charge >= 0.3 is 11.9 Å². The summed E-state index contributed by atoms with van der Waals surface area (Å²) in [5.41, 5.74) is 0.527. The Hall–Kier alpha value is -1.62. The topological polar surface area (TPSA) is 105 Å². The average molecular weight is 461 g/mol.